The van der Waals surface area contributed by atoms with E-state index in [-0.39, 0.29) is 18.1 Å². The van der Waals surface area contributed by atoms with Crippen LogP contribution >= 0.6 is 0 Å². The van der Waals surface area contributed by atoms with Gasteiger partial charge in [-0.05, 0) is 25.7 Å². The number of benzene rings is 1. The number of nitrogens with zero attached hydrogens (tertiary/aromatic N) is 5. The Morgan fingerprint density at radius 1 is 1.40 bits per heavy atom. The number of nitro groups is 1. The molecule has 1 aromatic heterocycles. The van der Waals surface area contributed by atoms with Gasteiger partial charge in [0.2, 0.25) is 5.91 Å². The van der Waals surface area contributed by atoms with Crippen molar-refractivity contribution in [2.75, 3.05) is 6.54 Å². The third kappa shape index (κ3) is 3.84. The Labute approximate surface area is 145 Å². The summed E-state index contributed by atoms with van der Waals surface area (Å²) in [6, 6.07) is 6.47. The minimum Gasteiger partial charge on any atom is -0.338 e. The molecule has 8 heteroatoms. The molecular formula is C17H21N5O3. The van der Waals surface area contributed by atoms with E-state index >= 15 is 0 Å². The first kappa shape index (κ1) is 17.1. The van der Waals surface area contributed by atoms with Gasteiger partial charge in [-0.2, -0.15) is 5.10 Å². The fourth-order valence-corrected chi connectivity index (χ4v) is 3.24. The predicted molar refractivity (Wildman–Crippen MR) is 91.8 cm³/mol. The SMILES string of the molecule is CC[C@H]1CCCCN1C(=O)Cn1cnc(-c2cccc([N+](=O)[O-])c2)n1. The van der Waals surface area contributed by atoms with Gasteiger partial charge in [-0.15, -0.1) is 0 Å². The highest BCUT2D eigenvalue weighted by Crippen LogP contribution is 2.22. The van der Waals surface area contributed by atoms with Crippen molar-refractivity contribution in [3.05, 3.63) is 40.7 Å². The van der Waals surface area contributed by atoms with Gasteiger partial charge in [0.25, 0.3) is 5.69 Å². The fourth-order valence-electron chi connectivity index (χ4n) is 3.24. The van der Waals surface area contributed by atoms with Crippen molar-refractivity contribution in [1.29, 1.82) is 0 Å². The molecule has 0 bridgehead atoms. The average molecular weight is 343 g/mol. The number of amides is 1. The maximum absolute atomic E-state index is 12.6. The molecule has 2 heterocycles. The Morgan fingerprint density at radius 2 is 2.24 bits per heavy atom. The van der Waals surface area contributed by atoms with E-state index in [0.717, 1.165) is 25.8 Å². The van der Waals surface area contributed by atoms with Gasteiger partial charge in [0.05, 0.1) is 4.92 Å². The van der Waals surface area contributed by atoms with Crippen molar-refractivity contribution in [2.24, 2.45) is 0 Å². The Balaban J connectivity index is 1.72. The van der Waals surface area contributed by atoms with Gasteiger partial charge >= 0.3 is 0 Å². The fraction of sp³-hybridized carbons (Fsp3) is 0.471. The molecule has 25 heavy (non-hydrogen) atoms. The first-order valence-corrected chi connectivity index (χ1v) is 8.52. The van der Waals surface area contributed by atoms with Crippen LogP contribution in [0.25, 0.3) is 11.4 Å². The molecule has 0 aliphatic carbocycles. The number of hydrogen-bond donors (Lipinski definition) is 0. The van der Waals surface area contributed by atoms with Crippen LogP contribution in [0.1, 0.15) is 32.6 Å². The van der Waals surface area contributed by atoms with Gasteiger partial charge in [-0.25, -0.2) is 9.67 Å². The van der Waals surface area contributed by atoms with E-state index < -0.39 is 4.92 Å². The van der Waals surface area contributed by atoms with E-state index in [1.165, 1.54) is 29.6 Å². The Bertz CT molecular complexity index is 773. The van der Waals surface area contributed by atoms with Gasteiger partial charge in [-0.3, -0.25) is 14.9 Å². The summed E-state index contributed by atoms with van der Waals surface area (Å²) < 4.78 is 1.50. The smallest absolute Gasteiger partial charge is 0.270 e. The van der Waals surface area contributed by atoms with Crippen molar-refractivity contribution in [3.8, 4) is 11.4 Å². The van der Waals surface area contributed by atoms with Crippen molar-refractivity contribution < 1.29 is 9.72 Å². The number of likely N-dealkylation sites (tertiary alicyclic amines) is 1. The lowest BCUT2D eigenvalue weighted by molar-refractivity contribution is -0.384. The van der Waals surface area contributed by atoms with Crippen LogP contribution in [0.15, 0.2) is 30.6 Å². The summed E-state index contributed by atoms with van der Waals surface area (Å²) >= 11 is 0. The molecule has 1 fully saturated rings. The summed E-state index contributed by atoms with van der Waals surface area (Å²) in [7, 11) is 0. The van der Waals surface area contributed by atoms with Crippen molar-refractivity contribution >= 4 is 11.6 Å². The third-order valence-electron chi connectivity index (χ3n) is 4.57. The quantitative estimate of drug-likeness (QED) is 0.614. The molecule has 0 N–H and O–H groups in total. The minimum absolute atomic E-state index is 0.0102. The lowest BCUT2D eigenvalue weighted by atomic mass is 10.00. The van der Waals surface area contributed by atoms with Crippen LogP contribution in [0.2, 0.25) is 0 Å². The number of hydrogen-bond acceptors (Lipinski definition) is 5. The second kappa shape index (κ2) is 7.42. The van der Waals surface area contributed by atoms with E-state index in [1.807, 2.05) is 4.90 Å². The van der Waals surface area contributed by atoms with Crippen molar-refractivity contribution in [1.82, 2.24) is 19.7 Å². The van der Waals surface area contributed by atoms with E-state index in [1.54, 1.807) is 12.1 Å². The lowest BCUT2D eigenvalue weighted by Gasteiger charge is -2.35. The molecule has 0 saturated carbocycles. The maximum atomic E-state index is 12.6. The molecule has 1 aliphatic rings. The molecular weight excluding hydrogens is 322 g/mol. The molecule has 0 radical (unpaired) electrons. The summed E-state index contributed by atoms with van der Waals surface area (Å²) in [6.45, 7) is 3.04. The second-order valence-corrected chi connectivity index (χ2v) is 6.22. The summed E-state index contributed by atoms with van der Waals surface area (Å²) in [6.07, 6.45) is 5.72. The van der Waals surface area contributed by atoms with Gasteiger partial charge in [0.1, 0.15) is 12.9 Å². The summed E-state index contributed by atoms with van der Waals surface area (Å²) in [5.41, 5.74) is 0.550. The van der Waals surface area contributed by atoms with Crippen LogP contribution in [0, 0.1) is 10.1 Å². The minimum atomic E-state index is -0.453. The second-order valence-electron chi connectivity index (χ2n) is 6.22. The normalized spacial score (nSPS) is 17.5. The topological polar surface area (TPSA) is 94.2 Å². The average Bonchev–Trinajstić information content (AvgIpc) is 3.10. The standard InChI is InChI=1S/C17H21N5O3/c1-2-14-7-3-4-9-21(14)16(23)11-20-12-18-17(19-20)13-6-5-8-15(10-13)22(24)25/h5-6,8,10,12,14H,2-4,7,9,11H2,1H3/t14-/m0/s1. The van der Waals surface area contributed by atoms with Crippen molar-refractivity contribution in [2.45, 2.75) is 45.2 Å². The predicted octanol–water partition coefficient (Wildman–Crippen LogP) is 2.64. The molecule has 1 aromatic carbocycles. The number of nitro benzene ring substituents is 1. The molecule has 132 valence electrons. The molecule has 1 aliphatic heterocycles. The molecule has 0 spiro atoms. The number of piperidine rings is 1. The Hall–Kier alpha value is -2.77. The zero-order chi connectivity index (χ0) is 17.8. The summed E-state index contributed by atoms with van der Waals surface area (Å²) in [5, 5.41) is 15.2. The number of rotatable bonds is 5. The molecule has 1 atom stereocenters. The molecule has 1 saturated heterocycles. The largest absolute Gasteiger partial charge is 0.338 e. The maximum Gasteiger partial charge on any atom is 0.270 e. The molecule has 8 nitrogen and oxygen atoms in total. The Morgan fingerprint density at radius 3 is 3.00 bits per heavy atom. The summed E-state index contributed by atoms with van der Waals surface area (Å²) in [4.78, 5) is 29.1. The van der Waals surface area contributed by atoms with Crippen LogP contribution in [0.5, 0.6) is 0 Å². The lowest BCUT2D eigenvalue weighted by Crippen LogP contribution is -2.44. The summed E-state index contributed by atoms with van der Waals surface area (Å²) in [5.74, 6) is 0.421. The number of non-ortho nitro benzene ring substituents is 1. The molecule has 2 aromatic rings. The van der Waals surface area contributed by atoms with E-state index in [9.17, 15) is 14.9 Å². The van der Waals surface area contributed by atoms with Gasteiger partial charge < -0.3 is 4.90 Å². The molecule has 3 rings (SSSR count). The van der Waals surface area contributed by atoms with Crippen LogP contribution in [-0.2, 0) is 11.3 Å². The number of aromatic nitrogens is 3. The highest BCUT2D eigenvalue weighted by Gasteiger charge is 2.25. The molecule has 1 amide bonds. The number of carbonyl (C=O) groups excluding carboxylic acids is 1. The first-order chi connectivity index (χ1) is 12.1. The highest BCUT2D eigenvalue weighted by molar-refractivity contribution is 5.76. The highest BCUT2D eigenvalue weighted by atomic mass is 16.6. The van der Waals surface area contributed by atoms with Crippen LogP contribution in [-0.4, -0.2) is 43.1 Å². The van der Waals surface area contributed by atoms with Crippen molar-refractivity contribution in [3.63, 3.8) is 0 Å². The zero-order valence-corrected chi connectivity index (χ0v) is 14.2. The number of carbonyl (C=O) groups is 1. The van der Waals surface area contributed by atoms with Crippen LogP contribution in [0.3, 0.4) is 0 Å². The van der Waals surface area contributed by atoms with E-state index in [0.29, 0.717) is 17.4 Å². The zero-order valence-electron chi connectivity index (χ0n) is 14.2. The Kier molecular flexibility index (Phi) is 5.06. The van der Waals surface area contributed by atoms with Gasteiger partial charge in [-0.1, -0.05) is 19.1 Å². The van der Waals surface area contributed by atoms with Gasteiger partial charge in [0, 0.05) is 30.3 Å². The van der Waals surface area contributed by atoms with Crippen LogP contribution in [0.4, 0.5) is 5.69 Å². The molecule has 0 unspecified atom stereocenters. The van der Waals surface area contributed by atoms with Gasteiger partial charge in [0.15, 0.2) is 5.82 Å². The monoisotopic (exact) mass is 343 g/mol. The van der Waals surface area contributed by atoms with Crippen LogP contribution < -0.4 is 0 Å². The first-order valence-electron chi connectivity index (χ1n) is 8.52. The van der Waals surface area contributed by atoms with E-state index in [4.69, 9.17) is 0 Å². The van der Waals surface area contributed by atoms with E-state index in [2.05, 4.69) is 17.0 Å². The third-order valence-corrected chi connectivity index (χ3v) is 4.57.